The molecule has 1 fully saturated rings. The summed E-state index contributed by atoms with van der Waals surface area (Å²) in [5.41, 5.74) is 1.51. The Balaban J connectivity index is 2.20. The molecule has 0 unspecified atom stereocenters. The van der Waals surface area contributed by atoms with Crippen LogP contribution in [0.3, 0.4) is 0 Å². The van der Waals surface area contributed by atoms with Gasteiger partial charge in [-0.1, -0.05) is 27.7 Å². The Morgan fingerprint density at radius 1 is 1.11 bits per heavy atom. The van der Waals surface area contributed by atoms with E-state index in [1.54, 1.807) is 6.07 Å². The third-order valence-corrected chi connectivity index (χ3v) is 5.60. The number of carbonyl (C=O) groups is 1. The van der Waals surface area contributed by atoms with Crippen molar-refractivity contribution in [2.24, 2.45) is 10.8 Å². The van der Waals surface area contributed by atoms with Gasteiger partial charge in [0.2, 0.25) is 0 Å². The number of hydrogen-bond donors (Lipinski definition) is 1. The Labute approximate surface area is 163 Å². The lowest BCUT2D eigenvalue weighted by Gasteiger charge is -2.62. The van der Waals surface area contributed by atoms with Gasteiger partial charge in [0, 0.05) is 16.9 Å². The lowest BCUT2D eigenvalue weighted by Crippen LogP contribution is -2.74. The summed E-state index contributed by atoms with van der Waals surface area (Å²) in [4.78, 5) is 12.3. The topological polar surface area (TPSA) is 71.3 Å². The van der Waals surface area contributed by atoms with E-state index in [-0.39, 0.29) is 23.0 Å². The van der Waals surface area contributed by atoms with Crippen LogP contribution >= 0.6 is 0 Å². The first kappa shape index (κ1) is 21.1. The van der Waals surface area contributed by atoms with Gasteiger partial charge in [-0.15, -0.1) is 0 Å². The van der Waals surface area contributed by atoms with Gasteiger partial charge in [0.15, 0.2) is 0 Å². The third-order valence-electron chi connectivity index (χ3n) is 5.60. The zero-order valence-corrected chi connectivity index (χ0v) is 18.0. The highest BCUT2D eigenvalue weighted by atomic mass is 16.6. The molecule has 0 saturated heterocycles. The smallest absolute Gasteiger partial charge is 0.407 e. The normalized spacial score (nSPS) is 23.0. The van der Waals surface area contributed by atoms with Gasteiger partial charge in [-0.2, -0.15) is 5.26 Å². The van der Waals surface area contributed by atoms with E-state index in [1.165, 1.54) is 0 Å². The minimum atomic E-state index is -0.533. The van der Waals surface area contributed by atoms with Crippen LogP contribution in [-0.4, -0.2) is 23.8 Å². The third kappa shape index (κ3) is 3.90. The second-order valence-corrected chi connectivity index (χ2v) is 9.69. The zero-order valence-electron chi connectivity index (χ0n) is 18.0. The quantitative estimate of drug-likeness (QED) is 0.820. The predicted molar refractivity (Wildman–Crippen MR) is 106 cm³/mol. The van der Waals surface area contributed by atoms with E-state index in [4.69, 9.17) is 9.47 Å². The highest BCUT2D eigenvalue weighted by molar-refractivity contribution is 5.68. The summed E-state index contributed by atoms with van der Waals surface area (Å²) < 4.78 is 11.8. The van der Waals surface area contributed by atoms with Crippen LogP contribution in [0.2, 0.25) is 0 Å². The van der Waals surface area contributed by atoms with Gasteiger partial charge in [0.25, 0.3) is 0 Å². The van der Waals surface area contributed by atoms with Crippen LogP contribution in [-0.2, 0) is 4.74 Å². The van der Waals surface area contributed by atoms with Crippen molar-refractivity contribution in [2.75, 3.05) is 0 Å². The first-order chi connectivity index (χ1) is 12.2. The van der Waals surface area contributed by atoms with Gasteiger partial charge in [0.1, 0.15) is 17.5 Å². The van der Waals surface area contributed by atoms with Crippen LogP contribution in [0, 0.1) is 36.0 Å². The van der Waals surface area contributed by atoms with Crippen LogP contribution in [0.15, 0.2) is 12.1 Å². The summed E-state index contributed by atoms with van der Waals surface area (Å²) in [6, 6.07) is 5.79. The van der Waals surface area contributed by atoms with Crippen molar-refractivity contribution < 1.29 is 14.3 Å². The van der Waals surface area contributed by atoms with Crippen LogP contribution in [0.25, 0.3) is 0 Å². The molecule has 0 aliphatic heterocycles. The molecule has 0 aromatic heterocycles. The molecular weight excluding hydrogens is 340 g/mol. The van der Waals surface area contributed by atoms with Crippen molar-refractivity contribution in [1.29, 1.82) is 5.26 Å². The van der Waals surface area contributed by atoms with E-state index in [2.05, 4.69) is 39.1 Å². The molecule has 0 heterocycles. The minimum absolute atomic E-state index is 0.0790. The Morgan fingerprint density at radius 3 is 2.15 bits per heavy atom. The van der Waals surface area contributed by atoms with E-state index < -0.39 is 11.7 Å². The maximum atomic E-state index is 12.3. The summed E-state index contributed by atoms with van der Waals surface area (Å²) in [6.45, 7) is 17.8. The molecule has 5 nitrogen and oxygen atoms in total. The number of nitriles is 1. The lowest BCUT2D eigenvalue weighted by atomic mass is 9.49. The highest BCUT2D eigenvalue weighted by Crippen LogP contribution is 2.55. The summed E-state index contributed by atoms with van der Waals surface area (Å²) in [5, 5.41) is 12.2. The van der Waals surface area contributed by atoms with Gasteiger partial charge in [0.05, 0.1) is 11.6 Å². The summed E-state index contributed by atoms with van der Waals surface area (Å²) in [5.74, 6) is 0.786. The fourth-order valence-corrected chi connectivity index (χ4v) is 4.40. The molecule has 1 aromatic carbocycles. The summed E-state index contributed by atoms with van der Waals surface area (Å²) in [7, 11) is 0. The number of benzene rings is 1. The average Bonchev–Trinajstić information content (AvgIpc) is 2.51. The molecule has 5 heteroatoms. The Bertz CT molecular complexity index is 766. The molecule has 1 N–H and O–H groups in total. The van der Waals surface area contributed by atoms with Crippen molar-refractivity contribution >= 4 is 6.09 Å². The maximum Gasteiger partial charge on any atom is 0.407 e. The molecule has 1 aliphatic rings. The largest absolute Gasteiger partial charge is 0.489 e. The van der Waals surface area contributed by atoms with Crippen molar-refractivity contribution in [2.45, 2.75) is 80.1 Å². The van der Waals surface area contributed by atoms with E-state index in [0.717, 1.165) is 16.9 Å². The van der Waals surface area contributed by atoms with Crippen molar-refractivity contribution in [3.05, 3.63) is 28.8 Å². The van der Waals surface area contributed by atoms with Crippen LogP contribution < -0.4 is 10.1 Å². The summed E-state index contributed by atoms with van der Waals surface area (Å²) in [6.07, 6.45) is -0.492. The zero-order chi connectivity index (χ0) is 20.8. The van der Waals surface area contributed by atoms with Gasteiger partial charge >= 0.3 is 6.09 Å². The second kappa shape index (κ2) is 6.74. The summed E-state index contributed by atoms with van der Waals surface area (Å²) >= 11 is 0. The first-order valence-corrected chi connectivity index (χ1v) is 9.38. The lowest BCUT2D eigenvalue weighted by molar-refractivity contribution is -0.166. The maximum absolute atomic E-state index is 12.3. The average molecular weight is 373 g/mol. The van der Waals surface area contributed by atoms with Crippen molar-refractivity contribution in [1.82, 2.24) is 5.32 Å². The number of amides is 1. The molecular formula is C22H32N2O3. The number of nitrogens with one attached hydrogen (secondary N) is 1. The monoisotopic (exact) mass is 372 g/mol. The van der Waals surface area contributed by atoms with Gasteiger partial charge in [-0.25, -0.2) is 4.79 Å². The molecule has 2 rings (SSSR count). The van der Waals surface area contributed by atoms with E-state index >= 15 is 0 Å². The van der Waals surface area contributed by atoms with Crippen LogP contribution in [0.1, 0.15) is 65.2 Å². The molecule has 0 radical (unpaired) electrons. The van der Waals surface area contributed by atoms with E-state index in [9.17, 15) is 10.1 Å². The van der Waals surface area contributed by atoms with Crippen LogP contribution in [0.5, 0.6) is 5.75 Å². The first-order valence-electron chi connectivity index (χ1n) is 9.38. The van der Waals surface area contributed by atoms with Gasteiger partial charge in [-0.3, -0.25) is 0 Å². The number of ether oxygens (including phenoxy) is 2. The number of alkyl carbamates (subject to hydrolysis) is 1. The van der Waals surface area contributed by atoms with Crippen LogP contribution in [0.4, 0.5) is 4.79 Å². The van der Waals surface area contributed by atoms with Crippen molar-refractivity contribution in [3.8, 4) is 11.8 Å². The standard InChI is InChI=1S/C22H32N2O3/c1-13-14(2)16(11-10-15(13)12-23)26-18-21(6,7)17(22(18,8)9)24-19(25)27-20(3,4)5/h10-11,17-18H,1-9H3,(H,24,25). The molecule has 1 saturated carbocycles. The fraction of sp³-hybridized carbons (Fsp3) is 0.636. The number of hydrogen-bond acceptors (Lipinski definition) is 4. The number of nitrogens with zero attached hydrogens (tertiary/aromatic N) is 1. The molecule has 148 valence electrons. The molecule has 0 atom stereocenters. The second-order valence-electron chi connectivity index (χ2n) is 9.69. The predicted octanol–water partition coefficient (Wildman–Crippen LogP) is 4.88. The fourth-order valence-electron chi connectivity index (χ4n) is 4.40. The molecule has 1 aromatic rings. The molecule has 0 spiro atoms. The molecule has 1 amide bonds. The van der Waals surface area contributed by atoms with E-state index in [0.29, 0.717) is 5.56 Å². The number of carbonyl (C=O) groups excluding carboxylic acids is 1. The minimum Gasteiger partial charge on any atom is -0.489 e. The Kier molecular flexibility index (Phi) is 5.27. The highest BCUT2D eigenvalue weighted by Gasteiger charge is 2.64. The molecule has 27 heavy (non-hydrogen) atoms. The van der Waals surface area contributed by atoms with Gasteiger partial charge < -0.3 is 14.8 Å². The van der Waals surface area contributed by atoms with E-state index in [1.807, 2.05) is 40.7 Å². The van der Waals surface area contributed by atoms with Gasteiger partial charge in [-0.05, 0) is 57.9 Å². The number of rotatable bonds is 3. The molecule has 1 aliphatic carbocycles. The Morgan fingerprint density at radius 2 is 1.67 bits per heavy atom. The Hall–Kier alpha value is -2.22. The van der Waals surface area contributed by atoms with Crippen molar-refractivity contribution in [3.63, 3.8) is 0 Å². The SMILES string of the molecule is Cc1c(C#N)ccc(OC2C(C)(C)C(NC(=O)OC(C)(C)C)C2(C)C)c1C. The molecule has 0 bridgehead atoms.